The Morgan fingerprint density at radius 1 is 1.33 bits per heavy atom. The quantitative estimate of drug-likeness (QED) is 0.918. The first-order valence-electron chi connectivity index (χ1n) is 7.82. The number of carbonyl (C=O) groups excluding carboxylic acids is 1. The topological polar surface area (TPSA) is 89.0 Å². The van der Waals surface area contributed by atoms with Crippen molar-refractivity contribution in [1.82, 2.24) is 9.97 Å². The van der Waals surface area contributed by atoms with E-state index in [0.29, 0.717) is 17.9 Å². The highest BCUT2D eigenvalue weighted by Crippen LogP contribution is 2.24. The van der Waals surface area contributed by atoms with E-state index in [0.717, 1.165) is 11.3 Å². The number of hydrogen-bond donors (Lipinski definition) is 1. The number of nitrogens with one attached hydrogen (secondary N) is 1. The molecule has 3 rings (SSSR count). The predicted molar refractivity (Wildman–Crippen MR) is 92.2 cm³/mol. The maximum Gasteiger partial charge on any atom is 0.224 e. The van der Waals surface area contributed by atoms with Crippen LogP contribution >= 0.6 is 0 Å². The summed E-state index contributed by atoms with van der Waals surface area (Å²) in [6.45, 7) is 1.82. The third-order valence-corrected chi connectivity index (χ3v) is 5.86. The van der Waals surface area contributed by atoms with Crippen LogP contribution in [0.1, 0.15) is 18.7 Å². The van der Waals surface area contributed by atoms with Crippen molar-refractivity contribution in [2.75, 3.05) is 16.8 Å². The standard InChI is InChI=1S/C17H19N3O3S/c1-12-18-7-5-16(19-12)14-3-2-4-15(10-14)20-17(21)9-13-6-8-24(22,23)11-13/h2-5,7,10,13H,6,8-9,11H2,1H3,(H,20,21)/t13-/m1/s1. The molecule has 126 valence electrons. The molecular formula is C17H19N3O3S. The number of amides is 1. The smallest absolute Gasteiger partial charge is 0.224 e. The Kier molecular flexibility index (Phi) is 4.62. The Balaban J connectivity index is 1.67. The van der Waals surface area contributed by atoms with Gasteiger partial charge in [0.1, 0.15) is 5.82 Å². The number of nitrogens with zero attached hydrogens (tertiary/aromatic N) is 2. The zero-order valence-corrected chi connectivity index (χ0v) is 14.2. The molecule has 1 saturated heterocycles. The molecule has 1 aromatic heterocycles. The van der Waals surface area contributed by atoms with Gasteiger partial charge in [-0.3, -0.25) is 4.79 Å². The van der Waals surface area contributed by atoms with Crippen LogP contribution in [0.3, 0.4) is 0 Å². The highest BCUT2D eigenvalue weighted by atomic mass is 32.2. The molecule has 0 unspecified atom stereocenters. The van der Waals surface area contributed by atoms with E-state index in [4.69, 9.17) is 0 Å². The fourth-order valence-electron chi connectivity index (χ4n) is 2.88. The molecule has 0 bridgehead atoms. The van der Waals surface area contributed by atoms with Gasteiger partial charge in [0, 0.05) is 23.9 Å². The molecule has 1 aromatic carbocycles. The summed E-state index contributed by atoms with van der Waals surface area (Å²) in [5.74, 6) is 0.744. The molecule has 0 aliphatic carbocycles. The molecule has 1 N–H and O–H groups in total. The van der Waals surface area contributed by atoms with Gasteiger partial charge in [0.25, 0.3) is 0 Å². The Hall–Kier alpha value is -2.28. The summed E-state index contributed by atoms with van der Waals surface area (Å²) in [5, 5.41) is 2.84. The summed E-state index contributed by atoms with van der Waals surface area (Å²) in [5.41, 5.74) is 2.36. The number of benzene rings is 1. The second kappa shape index (κ2) is 6.68. The van der Waals surface area contributed by atoms with Crippen molar-refractivity contribution in [2.45, 2.75) is 19.8 Å². The number of hydrogen-bond acceptors (Lipinski definition) is 5. The van der Waals surface area contributed by atoms with Crippen molar-refractivity contribution in [2.24, 2.45) is 5.92 Å². The Morgan fingerprint density at radius 3 is 2.88 bits per heavy atom. The summed E-state index contributed by atoms with van der Waals surface area (Å²) in [4.78, 5) is 20.6. The summed E-state index contributed by atoms with van der Waals surface area (Å²) in [7, 11) is -2.95. The van der Waals surface area contributed by atoms with Crippen molar-refractivity contribution >= 4 is 21.4 Å². The Labute approximate surface area is 141 Å². The average Bonchev–Trinajstić information content (AvgIpc) is 2.86. The van der Waals surface area contributed by atoms with Crippen LogP contribution in [0.25, 0.3) is 11.3 Å². The fourth-order valence-corrected chi connectivity index (χ4v) is 4.74. The third-order valence-electron chi connectivity index (χ3n) is 4.02. The first kappa shape index (κ1) is 16.6. The second-order valence-electron chi connectivity index (χ2n) is 6.09. The maximum atomic E-state index is 12.1. The molecule has 1 atom stereocenters. The van der Waals surface area contributed by atoms with Crippen molar-refractivity contribution in [3.63, 3.8) is 0 Å². The lowest BCUT2D eigenvalue weighted by Gasteiger charge is -2.10. The number of aromatic nitrogens is 2. The van der Waals surface area contributed by atoms with Gasteiger partial charge in [-0.2, -0.15) is 0 Å². The normalized spacial score (nSPS) is 19.1. The largest absolute Gasteiger partial charge is 0.326 e. The minimum atomic E-state index is -2.95. The zero-order valence-electron chi connectivity index (χ0n) is 13.4. The summed E-state index contributed by atoms with van der Waals surface area (Å²) in [6.07, 6.45) is 2.50. The van der Waals surface area contributed by atoms with Gasteiger partial charge in [-0.1, -0.05) is 12.1 Å². The Morgan fingerprint density at radius 2 is 2.17 bits per heavy atom. The van der Waals surface area contributed by atoms with Gasteiger partial charge >= 0.3 is 0 Å². The van der Waals surface area contributed by atoms with Crippen LogP contribution < -0.4 is 5.32 Å². The van der Waals surface area contributed by atoms with Crippen LogP contribution in [-0.4, -0.2) is 35.8 Å². The van der Waals surface area contributed by atoms with E-state index in [1.807, 2.05) is 31.2 Å². The van der Waals surface area contributed by atoms with Gasteiger partial charge in [0.05, 0.1) is 17.2 Å². The van der Waals surface area contributed by atoms with E-state index < -0.39 is 9.84 Å². The highest BCUT2D eigenvalue weighted by Gasteiger charge is 2.29. The first-order chi connectivity index (χ1) is 11.4. The lowest BCUT2D eigenvalue weighted by molar-refractivity contribution is -0.116. The molecule has 24 heavy (non-hydrogen) atoms. The van der Waals surface area contributed by atoms with Crippen molar-refractivity contribution < 1.29 is 13.2 Å². The molecule has 2 heterocycles. The first-order valence-corrected chi connectivity index (χ1v) is 9.64. The number of carbonyl (C=O) groups is 1. The molecule has 1 aliphatic heterocycles. The SMILES string of the molecule is Cc1nccc(-c2cccc(NC(=O)C[C@H]3CCS(=O)(=O)C3)c2)n1. The lowest BCUT2D eigenvalue weighted by Crippen LogP contribution is -2.17. The molecule has 1 aliphatic rings. The molecule has 2 aromatic rings. The summed E-state index contributed by atoms with van der Waals surface area (Å²) < 4.78 is 22.9. The van der Waals surface area contributed by atoms with E-state index in [-0.39, 0.29) is 29.8 Å². The van der Waals surface area contributed by atoms with E-state index in [9.17, 15) is 13.2 Å². The number of aryl methyl sites for hydroxylation is 1. The van der Waals surface area contributed by atoms with Crippen molar-refractivity contribution in [3.05, 3.63) is 42.4 Å². The summed E-state index contributed by atoms with van der Waals surface area (Å²) >= 11 is 0. The molecular weight excluding hydrogens is 326 g/mol. The average molecular weight is 345 g/mol. The van der Waals surface area contributed by atoms with E-state index in [1.54, 1.807) is 12.3 Å². The van der Waals surface area contributed by atoms with Crippen molar-refractivity contribution in [1.29, 1.82) is 0 Å². The molecule has 0 spiro atoms. The molecule has 0 saturated carbocycles. The monoisotopic (exact) mass is 345 g/mol. The minimum absolute atomic E-state index is 0.0808. The number of sulfone groups is 1. The summed E-state index contributed by atoms with van der Waals surface area (Å²) in [6, 6.07) is 9.24. The van der Waals surface area contributed by atoms with Gasteiger partial charge < -0.3 is 5.32 Å². The maximum absolute atomic E-state index is 12.1. The van der Waals surface area contributed by atoms with Crippen LogP contribution in [0, 0.1) is 12.8 Å². The third kappa shape index (κ3) is 4.17. The van der Waals surface area contributed by atoms with E-state index >= 15 is 0 Å². The number of anilines is 1. The van der Waals surface area contributed by atoms with Gasteiger partial charge in [-0.15, -0.1) is 0 Å². The molecule has 6 nitrogen and oxygen atoms in total. The minimum Gasteiger partial charge on any atom is -0.326 e. The second-order valence-corrected chi connectivity index (χ2v) is 8.32. The fraction of sp³-hybridized carbons (Fsp3) is 0.353. The van der Waals surface area contributed by atoms with Gasteiger partial charge in [-0.25, -0.2) is 18.4 Å². The van der Waals surface area contributed by atoms with Crippen molar-refractivity contribution in [3.8, 4) is 11.3 Å². The predicted octanol–water partition coefficient (Wildman–Crippen LogP) is 2.22. The van der Waals surface area contributed by atoms with Gasteiger partial charge in [0.2, 0.25) is 5.91 Å². The van der Waals surface area contributed by atoms with Crippen LogP contribution in [-0.2, 0) is 14.6 Å². The van der Waals surface area contributed by atoms with E-state index in [2.05, 4.69) is 15.3 Å². The number of rotatable bonds is 4. The molecule has 0 radical (unpaired) electrons. The van der Waals surface area contributed by atoms with Crippen LogP contribution in [0.4, 0.5) is 5.69 Å². The van der Waals surface area contributed by atoms with E-state index in [1.165, 1.54) is 0 Å². The zero-order chi connectivity index (χ0) is 17.2. The van der Waals surface area contributed by atoms with Gasteiger partial charge in [0.15, 0.2) is 9.84 Å². The van der Waals surface area contributed by atoms with Crippen LogP contribution in [0.15, 0.2) is 36.5 Å². The highest BCUT2D eigenvalue weighted by molar-refractivity contribution is 7.91. The molecule has 7 heteroatoms. The Bertz CT molecular complexity index is 865. The van der Waals surface area contributed by atoms with Crippen LogP contribution in [0.5, 0.6) is 0 Å². The molecule has 1 amide bonds. The lowest BCUT2D eigenvalue weighted by atomic mass is 10.0. The molecule has 1 fully saturated rings. The van der Waals surface area contributed by atoms with Gasteiger partial charge in [-0.05, 0) is 37.5 Å². The van der Waals surface area contributed by atoms with Crippen LogP contribution in [0.2, 0.25) is 0 Å².